The summed E-state index contributed by atoms with van der Waals surface area (Å²) in [5.74, 6) is -0.383. The third-order valence-corrected chi connectivity index (χ3v) is 9.44. The van der Waals surface area contributed by atoms with Gasteiger partial charge in [-0.2, -0.15) is 18.4 Å². The molecule has 15 heteroatoms. The summed E-state index contributed by atoms with van der Waals surface area (Å²) in [6.45, 7) is 9.14. The van der Waals surface area contributed by atoms with E-state index in [9.17, 15) is 32.3 Å². The first-order valence-electron chi connectivity index (χ1n) is 18.1. The first kappa shape index (κ1) is 40.7. The van der Waals surface area contributed by atoms with Gasteiger partial charge in [-0.15, -0.1) is 0 Å². The highest BCUT2D eigenvalue weighted by Gasteiger charge is 2.35. The van der Waals surface area contributed by atoms with Crippen molar-refractivity contribution < 1.29 is 41.8 Å². The molecule has 3 aromatic rings. The van der Waals surface area contributed by atoms with E-state index in [4.69, 9.17) is 14.7 Å². The summed E-state index contributed by atoms with van der Waals surface area (Å²) in [5.41, 5.74) is -0.870. The number of benzene rings is 3. The average Bonchev–Trinajstić information content (AvgIpc) is 3.14. The molecule has 292 valence electrons. The predicted octanol–water partition coefficient (Wildman–Crippen LogP) is 4.67. The second-order valence-electron chi connectivity index (χ2n) is 14.4. The summed E-state index contributed by atoms with van der Waals surface area (Å²) >= 11 is 0. The molecule has 3 aromatic carbocycles. The predicted molar refractivity (Wildman–Crippen MR) is 197 cm³/mol. The number of hydrogen-bond acceptors (Lipinski definition) is 9. The van der Waals surface area contributed by atoms with E-state index in [0.29, 0.717) is 24.5 Å². The molecule has 55 heavy (non-hydrogen) atoms. The zero-order valence-electron chi connectivity index (χ0n) is 30.8. The highest BCUT2D eigenvalue weighted by molar-refractivity contribution is 6.01. The standard InChI is InChI=1S/C40H45F3N6O6/c1-39(2,38(53)45-30-10-9-29(24-44)33(23-30)40(41,42)43)26-55-31-11-7-27(8-12-31)25-49-18-16-48(17-19-49)15-4-20-54-32-6-3-5-28(21-32)22-36(51)46-34-13-14-35(50)47-37(34)52/h3,5-12,21,23,34H,4,13-20,22,25-26H2,1-2H3,(H,45,53)(H,46,51)(H,47,50,52). The smallest absolute Gasteiger partial charge is 0.417 e. The number of amides is 4. The van der Waals surface area contributed by atoms with Crippen LogP contribution in [0.3, 0.4) is 0 Å². The maximum absolute atomic E-state index is 13.3. The number of carbonyl (C=O) groups is 4. The second-order valence-corrected chi connectivity index (χ2v) is 14.4. The van der Waals surface area contributed by atoms with Crippen LogP contribution < -0.4 is 25.4 Å². The van der Waals surface area contributed by atoms with Crippen molar-refractivity contribution in [2.45, 2.75) is 58.3 Å². The van der Waals surface area contributed by atoms with Gasteiger partial charge >= 0.3 is 6.18 Å². The van der Waals surface area contributed by atoms with Crippen LogP contribution in [0.1, 0.15) is 55.4 Å². The minimum atomic E-state index is -4.73. The van der Waals surface area contributed by atoms with Crippen molar-refractivity contribution in [3.8, 4) is 17.6 Å². The zero-order valence-corrected chi connectivity index (χ0v) is 30.8. The molecule has 0 aromatic heterocycles. The van der Waals surface area contributed by atoms with Crippen LogP contribution in [0.4, 0.5) is 18.9 Å². The molecule has 2 fully saturated rings. The number of hydrogen-bond donors (Lipinski definition) is 3. The molecular weight excluding hydrogens is 717 g/mol. The van der Waals surface area contributed by atoms with Crippen LogP contribution in [-0.2, 0) is 38.3 Å². The number of rotatable bonds is 15. The molecule has 0 aliphatic carbocycles. The number of nitriles is 1. The topological polar surface area (TPSA) is 153 Å². The van der Waals surface area contributed by atoms with Crippen molar-refractivity contribution in [3.05, 3.63) is 89.0 Å². The molecule has 1 atom stereocenters. The Kier molecular flexibility index (Phi) is 13.5. The van der Waals surface area contributed by atoms with E-state index in [1.807, 2.05) is 48.5 Å². The number of ether oxygens (including phenoxy) is 2. The van der Waals surface area contributed by atoms with Gasteiger partial charge in [0.25, 0.3) is 0 Å². The Bertz CT molecular complexity index is 1890. The Morgan fingerprint density at radius 2 is 1.65 bits per heavy atom. The highest BCUT2D eigenvalue weighted by atomic mass is 19.4. The lowest BCUT2D eigenvalue weighted by Crippen LogP contribution is -2.52. The molecule has 5 rings (SSSR count). The van der Waals surface area contributed by atoms with Gasteiger partial charge in [0, 0.05) is 51.4 Å². The Hall–Kier alpha value is -5.46. The van der Waals surface area contributed by atoms with Crippen LogP contribution >= 0.6 is 0 Å². The Morgan fingerprint density at radius 1 is 0.927 bits per heavy atom. The van der Waals surface area contributed by atoms with Gasteiger partial charge < -0.3 is 25.0 Å². The number of alkyl halides is 3. The fraction of sp³-hybridized carbons (Fsp3) is 0.425. The van der Waals surface area contributed by atoms with Crippen LogP contribution in [0.25, 0.3) is 0 Å². The number of halogens is 3. The fourth-order valence-corrected chi connectivity index (χ4v) is 6.19. The quantitative estimate of drug-likeness (QED) is 0.148. The van der Waals surface area contributed by atoms with E-state index >= 15 is 0 Å². The van der Waals surface area contributed by atoms with Crippen molar-refractivity contribution in [2.24, 2.45) is 5.41 Å². The number of piperazine rings is 1. The van der Waals surface area contributed by atoms with Crippen LogP contribution in [0.2, 0.25) is 0 Å². The van der Waals surface area contributed by atoms with Crippen molar-refractivity contribution in [2.75, 3.05) is 51.3 Å². The van der Waals surface area contributed by atoms with E-state index in [1.165, 1.54) is 12.1 Å². The van der Waals surface area contributed by atoms with Gasteiger partial charge in [-0.3, -0.25) is 29.4 Å². The van der Waals surface area contributed by atoms with Crippen LogP contribution in [0.5, 0.6) is 11.5 Å². The molecule has 0 bridgehead atoms. The monoisotopic (exact) mass is 762 g/mol. The first-order valence-corrected chi connectivity index (χ1v) is 18.1. The summed E-state index contributed by atoms with van der Waals surface area (Å²) in [6.07, 6.45) is -3.30. The molecule has 0 radical (unpaired) electrons. The van der Waals surface area contributed by atoms with Gasteiger partial charge in [-0.25, -0.2) is 0 Å². The molecule has 2 heterocycles. The summed E-state index contributed by atoms with van der Waals surface area (Å²) < 4.78 is 51.9. The van der Waals surface area contributed by atoms with E-state index < -0.39 is 40.6 Å². The number of piperidine rings is 1. The molecule has 2 saturated heterocycles. The number of nitrogens with zero attached hydrogens (tertiary/aromatic N) is 3. The number of carbonyl (C=O) groups excluding carboxylic acids is 4. The molecule has 2 aliphatic rings. The molecule has 1 unspecified atom stereocenters. The van der Waals surface area contributed by atoms with Gasteiger partial charge in [-0.05, 0) is 80.3 Å². The number of anilines is 1. The van der Waals surface area contributed by atoms with E-state index in [1.54, 1.807) is 13.8 Å². The molecular formula is C40H45F3N6O6. The molecule has 0 spiro atoms. The summed E-state index contributed by atoms with van der Waals surface area (Å²) in [6, 6.07) is 18.8. The van der Waals surface area contributed by atoms with Crippen LogP contribution in [-0.4, -0.2) is 85.4 Å². The van der Waals surface area contributed by atoms with Gasteiger partial charge in [0.2, 0.25) is 23.6 Å². The lowest BCUT2D eigenvalue weighted by molar-refractivity contribution is -0.138. The molecule has 4 amide bonds. The number of imide groups is 1. The Morgan fingerprint density at radius 3 is 2.35 bits per heavy atom. The molecule has 3 N–H and O–H groups in total. The SMILES string of the molecule is CC(C)(COc1ccc(CN2CCN(CCCOc3cccc(CC(=O)NC4CCC(=O)NC4=O)c3)CC2)cc1)C(=O)Nc1ccc(C#N)c(C(F)(F)F)c1. The van der Waals surface area contributed by atoms with Gasteiger partial charge in [-0.1, -0.05) is 24.3 Å². The first-order chi connectivity index (χ1) is 26.2. The van der Waals surface area contributed by atoms with Gasteiger partial charge in [0.15, 0.2) is 0 Å². The van der Waals surface area contributed by atoms with Crippen molar-refractivity contribution >= 4 is 29.3 Å². The zero-order chi connectivity index (χ0) is 39.6. The molecule has 2 aliphatic heterocycles. The molecule has 12 nitrogen and oxygen atoms in total. The summed E-state index contributed by atoms with van der Waals surface area (Å²) in [4.78, 5) is 53.4. The lowest BCUT2D eigenvalue weighted by atomic mass is 9.93. The van der Waals surface area contributed by atoms with Crippen LogP contribution in [0.15, 0.2) is 66.7 Å². The van der Waals surface area contributed by atoms with Crippen molar-refractivity contribution in [3.63, 3.8) is 0 Å². The Labute approximate surface area is 317 Å². The average molecular weight is 763 g/mol. The highest BCUT2D eigenvalue weighted by Crippen LogP contribution is 2.34. The number of nitrogens with one attached hydrogen (secondary N) is 3. The lowest BCUT2D eigenvalue weighted by Gasteiger charge is -2.34. The normalized spacial score (nSPS) is 16.8. The van der Waals surface area contributed by atoms with E-state index in [-0.39, 0.29) is 37.0 Å². The van der Waals surface area contributed by atoms with Gasteiger partial charge in [0.05, 0.1) is 35.6 Å². The summed E-state index contributed by atoms with van der Waals surface area (Å²) in [7, 11) is 0. The third kappa shape index (κ3) is 12.0. The van der Waals surface area contributed by atoms with Gasteiger partial charge in [0.1, 0.15) is 24.1 Å². The minimum Gasteiger partial charge on any atom is -0.494 e. The fourth-order valence-electron chi connectivity index (χ4n) is 6.19. The van der Waals surface area contributed by atoms with Crippen molar-refractivity contribution in [1.29, 1.82) is 5.26 Å². The maximum atomic E-state index is 13.3. The van der Waals surface area contributed by atoms with E-state index in [0.717, 1.165) is 68.9 Å². The Balaban J connectivity index is 0.973. The summed E-state index contributed by atoms with van der Waals surface area (Å²) in [5, 5.41) is 16.4. The van der Waals surface area contributed by atoms with Crippen LogP contribution in [0, 0.1) is 16.7 Å². The largest absolute Gasteiger partial charge is 0.494 e. The minimum absolute atomic E-state index is 0.00706. The maximum Gasteiger partial charge on any atom is 0.417 e. The second kappa shape index (κ2) is 18.2. The third-order valence-electron chi connectivity index (χ3n) is 9.44. The van der Waals surface area contributed by atoms with E-state index in [2.05, 4.69) is 25.8 Å². The van der Waals surface area contributed by atoms with Crippen molar-refractivity contribution in [1.82, 2.24) is 20.4 Å². The molecule has 0 saturated carbocycles.